The number of nitriles is 2. The minimum atomic E-state index is -0.0180. The number of carbonyl (C=O) groups is 1. The highest BCUT2D eigenvalue weighted by Gasteiger charge is 2.27. The molecule has 3 heterocycles. The number of amides is 1. The number of nitrogens with zero attached hydrogens (tertiary/aromatic N) is 6. The van der Waals surface area contributed by atoms with Crippen LogP contribution < -0.4 is 10.2 Å². The summed E-state index contributed by atoms with van der Waals surface area (Å²) in [5.74, 6) is 2.55. The number of likely N-dealkylation sites (tertiary alicyclic amines) is 1. The lowest BCUT2D eigenvalue weighted by molar-refractivity contribution is 0.0745. The fraction of sp³-hybridized carbons (Fsp3) is 0.375. The fourth-order valence-corrected chi connectivity index (χ4v) is 5.43. The molecular formula is C32H35N7O. The Balaban J connectivity index is 1.41. The van der Waals surface area contributed by atoms with Gasteiger partial charge in [0.05, 0.1) is 45.2 Å². The predicted octanol–water partition coefficient (Wildman–Crippen LogP) is 4.40. The van der Waals surface area contributed by atoms with Crippen LogP contribution >= 0.6 is 0 Å². The van der Waals surface area contributed by atoms with E-state index < -0.39 is 0 Å². The zero-order chi connectivity index (χ0) is 28.6. The first-order chi connectivity index (χ1) is 19.4. The number of carbonyl (C=O) groups excluding carboxylic acids is 1. The summed E-state index contributed by atoms with van der Waals surface area (Å²) in [5.41, 5.74) is 6.02. The molecule has 0 radical (unpaired) electrons. The summed E-state index contributed by atoms with van der Waals surface area (Å²) in [6, 6.07) is 14.3. The smallest absolute Gasteiger partial charge is 0.255 e. The van der Waals surface area contributed by atoms with E-state index in [9.17, 15) is 15.3 Å². The molecule has 0 spiro atoms. The van der Waals surface area contributed by atoms with Gasteiger partial charge in [-0.3, -0.25) is 9.78 Å². The molecule has 0 bridgehead atoms. The molecule has 2 aliphatic rings. The van der Waals surface area contributed by atoms with E-state index in [1.807, 2.05) is 56.0 Å². The first kappa shape index (κ1) is 28.3. The normalized spacial score (nSPS) is 16.6. The van der Waals surface area contributed by atoms with Crippen molar-refractivity contribution in [1.29, 1.82) is 10.5 Å². The fourth-order valence-electron chi connectivity index (χ4n) is 5.43. The van der Waals surface area contributed by atoms with Crippen LogP contribution in [0.3, 0.4) is 0 Å². The molecule has 204 valence electrons. The third-order valence-electron chi connectivity index (χ3n) is 7.67. The van der Waals surface area contributed by atoms with Crippen molar-refractivity contribution in [2.75, 3.05) is 49.5 Å². The molecule has 1 aromatic heterocycles. The molecule has 0 atom stereocenters. The van der Waals surface area contributed by atoms with Gasteiger partial charge in [0.1, 0.15) is 12.1 Å². The maximum absolute atomic E-state index is 13.6. The lowest BCUT2D eigenvalue weighted by atomic mass is 10.0. The van der Waals surface area contributed by atoms with Crippen LogP contribution in [-0.4, -0.2) is 66.0 Å². The Morgan fingerprint density at radius 2 is 1.75 bits per heavy atom. The van der Waals surface area contributed by atoms with Crippen LogP contribution in [0.1, 0.15) is 47.1 Å². The molecule has 4 rings (SSSR count). The first-order valence-electron chi connectivity index (χ1n) is 13.7. The number of terminal acetylenes is 1. The lowest BCUT2D eigenvalue weighted by Gasteiger charge is -2.37. The number of pyridine rings is 1. The van der Waals surface area contributed by atoms with E-state index in [4.69, 9.17) is 11.4 Å². The lowest BCUT2D eigenvalue weighted by Crippen LogP contribution is -2.49. The van der Waals surface area contributed by atoms with Gasteiger partial charge in [-0.15, -0.1) is 6.42 Å². The Morgan fingerprint density at radius 3 is 2.38 bits per heavy atom. The second kappa shape index (κ2) is 12.9. The number of piperazine rings is 1. The number of aryl methyl sites for hydroxylation is 2. The molecule has 2 aliphatic heterocycles. The van der Waals surface area contributed by atoms with E-state index in [1.54, 1.807) is 12.2 Å². The first-order valence-corrected chi connectivity index (χ1v) is 13.7. The zero-order valence-corrected chi connectivity index (χ0v) is 23.4. The van der Waals surface area contributed by atoms with Crippen molar-refractivity contribution in [3.8, 4) is 24.5 Å². The molecule has 2 fully saturated rings. The van der Waals surface area contributed by atoms with Gasteiger partial charge in [0.15, 0.2) is 0 Å². The quantitative estimate of drug-likeness (QED) is 0.334. The van der Waals surface area contributed by atoms with Gasteiger partial charge < -0.3 is 20.0 Å². The Hall–Kier alpha value is -4.74. The van der Waals surface area contributed by atoms with E-state index in [2.05, 4.69) is 33.2 Å². The standard InChI is InChI=1S/C32H35N7O/c1-5-9-30(25(6-2)21-33)37-14-12-27(13-15-37)36-29-20-28(23(3)35-24(29)4)32(40)39-18-16-38(17-19-39)31-11-8-7-10-26(31)22-34/h1,6-11,20,27,36H,12-19H2,2-4H3/b25-6-,30-9+. The van der Waals surface area contributed by atoms with Gasteiger partial charge >= 0.3 is 0 Å². The number of nitrogens with one attached hydrogen (secondary N) is 1. The molecule has 8 heteroatoms. The molecule has 1 N–H and O–H groups in total. The van der Waals surface area contributed by atoms with Gasteiger partial charge in [-0.1, -0.05) is 24.1 Å². The molecule has 2 aromatic rings. The van der Waals surface area contributed by atoms with Crippen LogP contribution in [0.5, 0.6) is 0 Å². The van der Waals surface area contributed by atoms with E-state index in [1.165, 1.54) is 0 Å². The third-order valence-corrected chi connectivity index (χ3v) is 7.67. The van der Waals surface area contributed by atoms with Crippen LogP contribution in [0.2, 0.25) is 0 Å². The molecule has 8 nitrogen and oxygen atoms in total. The van der Waals surface area contributed by atoms with Crippen molar-refractivity contribution in [3.05, 3.63) is 76.3 Å². The van der Waals surface area contributed by atoms with Crippen LogP contribution in [0, 0.1) is 48.9 Å². The highest BCUT2D eigenvalue weighted by molar-refractivity contribution is 5.96. The van der Waals surface area contributed by atoms with Crippen LogP contribution in [0.25, 0.3) is 0 Å². The van der Waals surface area contributed by atoms with Gasteiger partial charge in [-0.05, 0) is 51.8 Å². The molecule has 40 heavy (non-hydrogen) atoms. The van der Waals surface area contributed by atoms with E-state index in [0.29, 0.717) is 42.9 Å². The average molecular weight is 534 g/mol. The average Bonchev–Trinajstić information content (AvgIpc) is 2.99. The molecule has 2 saturated heterocycles. The van der Waals surface area contributed by atoms with Gasteiger partial charge in [-0.2, -0.15) is 10.5 Å². The van der Waals surface area contributed by atoms with Crippen LogP contribution in [0.4, 0.5) is 11.4 Å². The molecule has 1 aromatic carbocycles. The van der Waals surface area contributed by atoms with Gasteiger partial charge in [0.2, 0.25) is 0 Å². The number of piperidine rings is 1. The van der Waals surface area contributed by atoms with E-state index in [-0.39, 0.29) is 11.9 Å². The zero-order valence-electron chi connectivity index (χ0n) is 23.4. The minimum Gasteiger partial charge on any atom is -0.381 e. The molecule has 0 saturated carbocycles. The van der Waals surface area contributed by atoms with E-state index >= 15 is 0 Å². The number of para-hydroxylation sites is 1. The van der Waals surface area contributed by atoms with Gasteiger partial charge in [0, 0.05) is 51.4 Å². The number of hydrogen-bond acceptors (Lipinski definition) is 7. The highest BCUT2D eigenvalue weighted by Crippen LogP contribution is 2.26. The largest absolute Gasteiger partial charge is 0.381 e. The van der Waals surface area contributed by atoms with Crippen molar-refractivity contribution < 1.29 is 4.79 Å². The summed E-state index contributed by atoms with van der Waals surface area (Å²) in [4.78, 5) is 24.5. The number of allylic oxidation sites excluding steroid dienone is 3. The maximum atomic E-state index is 13.6. The second-order valence-electron chi connectivity index (χ2n) is 10.1. The van der Waals surface area contributed by atoms with Crippen molar-refractivity contribution in [2.45, 2.75) is 39.7 Å². The third kappa shape index (κ3) is 6.11. The van der Waals surface area contributed by atoms with Crippen LogP contribution in [-0.2, 0) is 0 Å². The SMILES string of the molecule is C#C/C=C(\C(C#N)=C/C)N1CCC(Nc2cc(C(=O)N3CCN(c4ccccc4C#N)CC3)c(C)nc2C)CC1. The van der Waals surface area contributed by atoms with Crippen molar-refractivity contribution in [3.63, 3.8) is 0 Å². The van der Waals surface area contributed by atoms with E-state index in [0.717, 1.165) is 54.4 Å². The summed E-state index contributed by atoms with van der Waals surface area (Å²) >= 11 is 0. The topological polar surface area (TPSA) is 99.3 Å². The summed E-state index contributed by atoms with van der Waals surface area (Å²) in [6.07, 6.45) is 10.7. The van der Waals surface area contributed by atoms with Crippen molar-refractivity contribution >= 4 is 17.3 Å². The molecule has 0 unspecified atom stereocenters. The molecular weight excluding hydrogens is 498 g/mol. The second-order valence-corrected chi connectivity index (χ2v) is 10.1. The Morgan fingerprint density at radius 1 is 1.05 bits per heavy atom. The highest BCUT2D eigenvalue weighted by atomic mass is 16.2. The summed E-state index contributed by atoms with van der Waals surface area (Å²) < 4.78 is 0. The Labute approximate surface area is 237 Å². The number of anilines is 2. The number of rotatable bonds is 6. The van der Waals surface area contributed by atoms with Crippen molar-refractivity contribution in [2.24, 2.45) is 0 Å². The summed E-state index contributed by atoms with van der Waals surface area (Å²) in [6.45, 7) is 9.73. The summed E-state index contributed by atoms with van der Waals surface area (Å²) in [5, 5.41) is 22.6. The Kier molecular flexibility index (Phi) is 9.10. The Bertz CT molecular complexity index is 1440. The minimum absolute atomic E-state index is 0.0180. The monoisotopic (exact) mass is 533 g/mol. The number of hydrogen-bond donors (Lipinski definition) is 1. The maximum Gasteiger partial charge on any atom is 0.255 e. The predicted molar refractivity (Wildman–Crippen MR) is 157 cm³/mol. The van der Waals surface area contributed by atoms with Gasteiger partial charge in [0.25, 0.3) is 5.91 Å². The molecule has 1 amide bonds. The van der Waals surface area contributed by atoms with Crippen molar-refractivity contribution in [1.82, 2.24) is 14.8 Å². The number of benzene rings is 1. The van der Waals surface area contributed by atoms with Crippen LogP contribution in [0.15, 0.2) is 53.8 Å². The molecule has 0 aliphatic carbocycles. The summed E-state index contributed by atoms with van der Waals surface area (Å²) in [7, 11) is 0. The van der Waals surface area contributed by atoms with Gasteiger partial charge in [-0.25, -0.2) is 0 Å². The number of aromatic nitrogens is 1.